The van der Waals surface area contributed by atoms with Crippen LogP contribution in [0.25, 0.3) is 6.08 Å². The van der Waals surface area contributed by atoms with Crippen molar-refractivity contribution in [3.63, 3.8) is 0 Å². The van der Waals surface area contributed by atoms with Gasteiger partial charge in [0.15, 0.2) is 0 Å². The van der Waals surface area contributed by atoms with Gasteiger partial charge in [-0.25, -0.2) is 0 Å². The maximum Gasteiger partial charge on any atom is 0.137 e. The van der Waals surface area contributed by atoms with Gasteiger partial charge in [0, 0.05) is 11.5 Å². The first kappa shape index (κ1) is 15.6. The molecular weight excluding hydrogens is 292 g/mol. The van der Waals surface area contributed by atoms with Crippen molar-refractivity contribution in [2.45, 2.75) is 18.1 Å². The molecule has 2 aromatic carbocycles. The van der Waals surface area contributed by atoms with E-state index >= 15 is 0 Å². The van der Waals surface area contributed by atoms with E-state index in [2.05, 4.69) is 0 Å². The number of fused-ring (bicyclic) bond motifs is 1. The molecule has 0 bridgehead atoms. The fourth-order valence-corrected chi connectivity index (χ4v) is 2.83. The number of aliphatic hydroxyl groups is 2. The van der Waals surface area contributed by atoms with E-state index in [1.165, 1.54) is 0 Å². The minimum atomic E-state index is -0.946. The Balaban J connectivity index is 1.94. The number of hydrogen-bond acceptors (Lipinski definition) is 4. The van der Waals surface area contributed by atoms with Crippen LogP contribution in [-0.2, 0) is 0 Å². The highest BCUT2D eigenvalue weighted by Crippen LogP contribution is 2.42. The van der Waals surface area contributed by atoms with Crippen LogP contribution >= 0.6 is 0 Å². The summed E-state index contributed by atoms with van der Waals surface area (Å²) in [5.74, 6) is 1.30. The van der Waals surface area contributed by atoms with E-state index in [0.29, 0.717) is 5.75 Å². The Morgan fingerprint density at radius 2 is 2.00 bits per heavy atom. The largest absolute Gasteiger partial charge is 0.497 e. The van der Waals surface area contributed by atoms with E-state index in [4.69, 9.17) is 9.47 Å². The third kappa shape index (κ3) is 3.23. The molecule has 3 rings (SSSR count). The Kier molecular flexibility index (Phi) is 4.65. The summed E-state index contributed by atoms with van der Waals surface area (Å²) in [7, 11) is 1.62. The molecule has 0 radical (unpaired) electrons. The molecule has 3 atom stereocenters. The highest BCUT2D eigenvalue weighted by Gasteiger charge is 2.37. The summed E-state index contributed by atoms with van der Waals surface area (Å²) in [5, 5.41) is 19.4. The van der Waals surface area contributed by atoms with Gasteiger partial charge < -0.3 is 19.7 Å². The third-order valence-electron chi connectivity index (χ3n) is 4.05. The molecule has 4 nitrogen and oxygen atoms in total. The van der Waals surface area contributed by atoms with Crippen LogP contribution in [0.4, 0.5) is 0 Å². The molecule has 2 N–H and O–H groups in total. The van der Waals surface area contributed by atoms with Crippen LogP contribution in [-0.4, -0.2) is 36.1 Å². The molecule has 0 aromatic heterocycles. The lowest BCUT2D eigenvalue weighted by atomic mass is 9.91. The smallest absolute Gasteiger partial charge is 0.137 e. The molecule has 1 aliphatic rings. The maximum atomic E-state index is 10.1. The van der Waals surface area contributed by atoms with Crippen LogP contribution in [0.5, 0.6) is 11.5 Å². The number of aliphatic hydroxyl groups excluding tert-OH is 2. The molecule has 0 saturated carbocycles. The first-order valence-corrected chi connectivity index (χ1v) is 7.59. The second-order valence-corrected chi connectivity index (χ2v) is 5.53. The van der Waals surface area contributed by atoms with Crippen molar-refractivity contribution in [1.29, 1.82) is 0 Å². The topological polar surface area (TPSA) is 58.9 Å². The molecule has 2 aromatic rings. The molecule has 1 aliphatic heterocycles. The predicted molar refractivity (Wildman–Crippen MR) is 88.7 cm³/mol. The molecule has 0 unspecified atom stereocenters. The van der Waals surface area contributed by atoms with Crippen molar-refractivity contribution in [3.05, 3.63) is 65.7 Å². The Bertz CT molecular complexity index is 681. The van der Waals surface area contributed by atoms with E-state index in [0.717, 1.165) is 16.9 Å². The molecular formula is C19H20O4. The van der Waals surface area contributed by atoms with Crippen molar-refractivity contribution >= 4 is 6.08 Å². The zero-order valence-corrected chi connectivity index (χ0v) is 12.9. The van der Waals surface area contributed by atoms with Gasteiger partial charge in [-0.2, -0.15) is 0 Å². The number of rotatable bonds is 5. The number of benzene rings is 2. The predicted octanol–water partition coefficient (Wildman–Crippen LogP) is 2.61. The molecule has 120 valence electrons. The molecule has 0 saturated heterocycles. The summed E-state index contributed by atoms with van der Waals surface area (Å²) in [6.45, 7) is -0.342. The zero-order chi connectivity index (χ0) is 16.2. The number of hydrogen-bond donors (Lipinski definition) is 2. The van der Waals surface area contributed by atoms with Gasteiger partial charge in [0.25, 0.3) is 0 Å². The van der Waals surface area contributed by atoms with Crippen LogP contribution in [0.15, 0.2) is 54.6 Å². The van der Waals surface area contributed by atoms with Crippen molar-refractivity contribution in [2.75, 3.05) is 13.7 Å². The lowest BCUT2D eigenvalue weighted by molar-refractivity contribution is 0.00418. The molecule has 0 fully saturated rings. The summed E-state index contributed by atoms with van der Waals surface area (Å²) in [6, 6.07) is 15.5. The van der Waals surface area contributed by atoms with Crippen LogP contribution in [0.3, 0.4) is 0 Å². The van der Waals surface area contributed by atoms with Gasteiger partial charge in [-0.05, 0) is 23.8 Å². The van der Waals surface area contributed by atoms with Gasteiger partial charge in [0.1, 0.15) is 23.7 Å². The van der Waals surface area contributed by atoms with Crippen LogP contribution < -0.4 is 9.47 Å². The fraction of sp³-hybridized carbons (Fsp3) is 0.263. The normalized spacial score (nSPS) is 21.0. The van der Waals surface area contributed by atoms with Gasteiger partial charge >= 0.3 is 0 Å². The van der Waals surface area contributed by atoms with Crippen molar-refractivity contribution < 1.29 is 19.7 Å². The van der Waals surface area contributed by atoms with E-state index < -0.39 is 12.2 Å². The molecule has 0 amide bonds. The molecule has 4 heteroatoms. The number of ether oxygens (including phenoxy) is 2. The monoisotopic (exact) mass is 312 g/mol. The first-order valence-electron chi connectivity index (χ1n) is 7.59. The van der Waals surface area contributed by atoms with Crippen molar-refractivity contribution in [3.8, 4) is 11.5 Å². The van der Waals surface area contributed by atoms with E-state index in [9.17, 15) is 10.2 Å². The Hall–Kier alpha value is -2.30. The summed E-state index contributed by atoms with van der Waals surface area (Å²) >= 11 is 0. The zero-order valence-electron chi connectivity index (χ0n) is 12.9. The van der Waals surface area contributed by atoms with Crippen LogP contribution in [0.2, 0.25) is 0 Å². The van der Waals surface area contributed by atoms with Crippen molar-refractivity contribution in [2.24, 2.45) is 0 Å². The maximum absolute atomic E-state index is 10.1. The minimum Gasteiger partial charge on any atom is -0.497 e. The molecule has 0 spiro atoms. The highest BCUT2D eigenvalue weighted by atomic mass is 16.5. The van der Waals surface area contributed by atoms with Crippen LogP contribution in [0.1, 0.15) is 17.0 Å². The van der Waals surface area contributed by atoms with E-state index in [-0.39, 0.29) is 12.5 Å². The van der Waals surface area contributed by atoms with Gasteiger partial charge in [-0.1, -0.05) is 42.5 Å². The highest BCUT2D eigenvalue weighted by molar-refractivity contribution is 5.55. The summed E-state index contributed by atoms with van der Waals surface area (Å²) in [6.07, 6.45) is 2.55. The SMILES string of the molecule is COc1ccc2c(c1)[C@H](C=Cc1ccccc1)[C@@H]([C@H](O)CO)O2. The molecule has 1 heterocycles. The lowest BCUT2D eigenvalue weighted by Gasteiger charge is -2.20. The van der Waals surface area contributed by atoms with Gasteiger partial charge in [-0.15, -0.1) is 0 Å². The third-order valence-corrected chi connectivity index (χ3v) is 4.05. The van der Waals surface area contributed by atoms with Gasteiger partial charge in [-0.3, -0.25) is 0 Å². The van der Waals surface area contributed by atoms with Crippen LogP contribution in [0, 0.1) is 0 Å². The fourth-order valence-electron chi connectivity index (χ4n) is 2.83. The van der Waals surface area contributed by atoms with Crippen molar-refractivity contribution in [1.82, 2.24) is 0 Å². The lowest BCUT2D eigenvalue weighted by Crippen LogP contribution is -2.35. The molecule has 0 aliphatic carbocycles. The number of methoxy groups -OCH3 is 1. The Morgan fingerprint density at radius 3 is 2.70 bits per heavy atom. The molecule has 23 heavy (non-hydrogen) atoms. The van der Waals surface area contributed by atoms with Gasteiger partial charge in [0.2, 0.25) is 0 Å². The summed E-state index contributed by atoms with van der Waals surface area (Å²) in [5.41, 5.74) is 2.02. The summed E-state index contributed by atoms with van der Waals surface area (Å²) in [4.78, 5) is 0. The average Bonchev–Trinajstić information content (AvgIpc) is 2.97. The standard InChI is InChI=1S/C19H20O4/c1-22-14-8-10-18-16(11-14)15(19(23-18)17(21)12-20)9-7-13-5-3-2-4-6-13/h2-11,15,17,19-21H,12H2,1H3/t15-,17+,19-/m0/s1. The average molecular weight is 312 g/mol. The first-order chi connectivity index (χ1) is 11.2. The minimum absolute atomic E-state index is 0.151. The van der Waals surface area contributed by atoms with E-state index in [1.807, 2.05) is 60.7 Å². The quantitative estimate of drug-likeness (QED) is 0.891. The second kappa shape index (κ2) is 6.86. The van der Waals surface area contributed by atoms with E-state index in [1.54, 1.807) is 7.11 Å². The summed E-state index contributed by atoms with van der Waals surface area (Å²) < 4.78 is 11.1. The Labute approximate surface area is 135 Å². The van der Waals surface area contributed by atoms with Gasteiger partial charge in [0.05, 0.1) is 13.7 Å². The Morgan fingerprint density at radius 1 is 1.22 bits per heavy atom. The second-order valence-electron chi connectivity index (χ2n) is 5.53.